The van der Waals surface area contributed by atoms with E-state index < -0.39 is 5.60 Å². The van der Waals surface area contributed by atoms with Gasteiger partial charge in [0.2, 0.25) is 0 Å². The number of rotatable bonds is 1. The first kappa shape index (κ1) is 12.8. The zero-order valence-corrected chi connectivity index (χ0v) is 12.2. The van der Waals surface area contributed by atoms with Crippen LogP contribution in [-0.4, -0.2) is 34.6 Å². The molecule has 0 bridgehead atoms. The second kappa shape index (κ2) is 4.57. The first-order valence-corrected chi connectivity index (χ1v) is 6.75. The van der Waals surface area contributed by atoms with Crippen molar-refractivity contribution in [1.82, 2.24) is 4.90 Å². The summed E-state index contributed by atoms with van der Waals surface area (Å²) in [5, 5.41) is 9.90. The van der Waals surface area contributed by atoms with Crippen LogP contribution >= 0.6 is 22.6 Å². The molecule has 3 nitrogen and oxygen atoms in total. The van der Waals surface area contributed by atoms with E-state index in [4.69, 9.17) is 0 Å². The number of amides is 1. The van der Waals surface area contributed by atoms with Crippen molar-refractivity contribution in [2.75, 3.05) is 13.1 Å². The van der Waals surface area contributed by atoms with Gasteiger partial charge in [0.15, 0.2) is 0 Å². The van der Waals surface area contributed by atoms with Crippen LogP contribution in [-0.2, 0) is 0 Å². The zero-order valence-electron chi connectivity index (χ0n) is 10.0. The van der Waals surface area contributed by atoms with Crippen molar-refractivity contribution in [3.05, 3.63) is 32.9 Å². The van der Waals surface area contributed by atoms with Crippen molar-refractivity contribution in [2.45, 2.75) is 25.9 Å². The first-order valence-electron chi connectivity index (χ1n) is 5.67. The number of aryl methyl sites for hydroxylation is 1. The van der Waals surface area contributed by atoms with Gasteiger partial charge in [-0.3, -0.25) is 4.79 Å². The Morgan fingerprint density at radius 1 is 1.53 bits per heavy atom. The molecule has 0 radical (unpaired) electrons. The topological polar surface area (TPSA) is 40.5 Å². The summed E-state index contributed by atoms with van der Waals surface area (Å²) >= 11 is 2.19. The summed E-state index contributed by atoms with van der Waals surface area (Å²) in [4.78, 5) is 14.1. The smallest absolute Gasteiger partial charge is 0.255 e. The summed E-state index contributed by atoms with van der Waals surface area (Å²) in [6.07, 6.45) is 0.654. The molecule has 17 heavy (non-hydrogen) atoms. The van der Waals surface area contributed by atoms with Gasteiger partial charge in [-0.2, -0.15) is 0 Å². The van der Waals surface area contributed by atoms with Crippen LogP contribution in [0.4, 0.5) is 0 Å². The van der Waals surface area contributed by atoms with Crippen molar-refractivity contribution in [2.24, 2.45) is 0 Å². The van der Waals surface area contributed by atoms with Gasteiger partial charge in [-0.15, -0.1) is 0 Å². The van der Waals surface area contributed by atoms with E-state index in [0.29, 0.717) is 19.5 Å². The minimum atomic E-state index is -0.732. The van der Waals surface area contributed by atoms with E-state index in [1.165, 1.54) is 0 Å². The van der Waals surface area contributed by atoms with Gasteiger partial charge in [0.05, 0.1) is 11.2 Å². The Hall–Kier alpha value is -0.620. The molecule has 1 saturated heterocycles. The highest BCUT2D eigenvalue weighted by atomic mass is 127. The largest absolute Gasteiger partial charge is 0.388 e. The Morgan fingerprint density at radius 2 is 2.24 bits per heavy atom. The number of hydrogen-bond donors (Lipinski definition) is 1. The number of benzene rings is 1. The quantitative estimate of drug-likeness (QED) is 0.793. The molecule has 1 aromatic carbocycles. The van der Waals surface area contributed by atoms with Crippen LogP contribution in [0.1, 0.15) is 29.3 Å². The van der Waals surface area contributed by atoms with Gasteiger partial charge in [-0.25, -0.2) is 0 Å². The predicted molar refractivity (Wildman–Crippen MR) is 75.0 cm³/mol. The van der Waals surface area contributed by atoms with Crippen LogP contribution < -0.4 is 0 Å². The Kier molecular flexibility index (Phi) is 3.45. The number of likely N-dealkylation sites (tertiary alicyclic amines) is 1. The summed E-state index contributed by atoms with van der Waals surface area (Å²) in [5.74, 6) is 0.0327. The monoisotopic (exact) mass is 345 g/mol. The van der Waals surface area contributed by atoms with Gasteiger partial charge in [0.1, 0.15) is 0 Å². The van der Waals surface area contributed by atoms with E-state index in [1.807, 2.05) is 25.1 Å². The van der Waals surface area contributed by atoms with Crippen molar-refractivity contribution < 1.29 is 9.90 Å². The van der Waals surface area contributed by atoms with Gasteiger partial charge in [-0.05, 0) is 54.5 Å². The van der Waals surface area contributed by atoms with Crippen molar-refractivity contribution in [3.8, 4) is 0 Å². The standard InChI is InChI=1S/C13H16INO2/c1-9-4-3-5-10(14)11(9)12(16)15-7-6-13(2,17)8-15/h3-5,17H,6-8H2,1-2H3. The molecule has 0 saturated carbocycles. The Bertz CT molecular complexity index is 436. The van der Waals surface area contributed by atoms with Crippen LogP contribution in [0.3, 0.4) is 0 Å². The van der Waals surface area contributed by atoms with E-state index in [0.717, 1.165) is 14.7 Å². The molecule has 1 amide bonds. The number of hydrogen-bond acceptors (Lipinski definition) is 2. The number of carbonyl (C=O) groups is 1. The SMILES string of the molecule is Cc1cccc(I)c1C(=O)N1CCC(C)(O)C1. The van der Waals surface area contributed by atoms with Gasteiger partial charge in [0, 0.05) is 16.7 Å². The van der Waals surface area contributed by atoms with Gasteiger partial charge in [-0.1, -0.05) is 12.1 Å². The molecule has 1 unspecified atom stereocenters. The maximum absolute atomic E-state index is 12.4. The average molecular weight is 345 g/mol. The maximum atomic E-state index is 12.4. The number of aliphatic hydroxyl groups is 1. The van der Waals surface area contributed by atoms with Crippen LogP contribution in [0.15, 0.2) is 18.2 Å². The van der Waals surface area contributed by atoms with Crippen LogP contribution in [0, 0.1) is 10.5 Å². The molecule has 0 spiro atoms. The molecular weight excluding hydrogens is 329 g/mol. The normalized spacial score (nSPS) is 24.1. The van der Waals surface area contributed by atoms with Crippen molar-refractivity contribution in [1.29, 1.82) is 0 Å². The first-order chi connectivity index (χ1) is 7.91. The Morgan fingerprint density at radius 3 is 2.76 bits per heavy atom. The molecule has 4 heteroatoms. The maximum Gasteiger partial charge on any atom is 0.255 e. The van der Waals surface area contributed by atoms with Crippen LogP contribution in [0.25, 0.3) is 0 Å². The fourth-order valence-corrected chi connectivity index (χ4v) is 3.04. The summed E-state index contributed by atoms with van der Waals surface area (Å²) < 4.78 is 0.971. The highest BCUT2D eigenvalue weighted by molar-refractivity contribution is 14.1. The highest BCUT2D eigenvalue weighted by Gasteiger charge is 2.35. The second-order valence-electron chi connectivity index (χ2n) is 4.91. The number of halogens is 1. The van der Waals surface area contributed by atoms with Crippen LogP contribution in [0.5, 0.6) is 0 Å². The Labute approximate surface area is 115 Å². The molecule has 1 fully saturated rings. The van der Waals surface area contributed by atoms with E-state index in [-0.39, 0.29) is 5.91 Å². The summed E-state index contributed by atoms with van der Waals surface area (Å²) in [7, 11) is 0. The minimum absolute atomic E-state index is 0.0327. The van der Waals surface area contributed by atoms with Crippen LogP contribution in [0.2, 0.25) is 0 Å². The number of β-amino-alcohol motifs (C(OH)–C–C–N with tert-alkyl or cyclic N) is 1. The van der Waals surface area contributed by atoms with E-state index in [9.17, 15) is 9.90 Å². The van der Waals surface area contributed by atoms with E-state index >= 15 is 0 Å². The summed E-state index contributed by atoms with van der Waals surface area (Å²) in [6.45, 7) is 4.79. The molecule has 1 aromatic rings. The van der Waals surface area contributed by atoms with Gasteiger partial charge in [0.25, 0.3) is 5.91 Å². The third-order valence-corrected chi connectivity index (χ3v) is 4.07. The molecule has 1 atom stereocenters. The lowest BCUT2D eigenvalue weighted by molar-refractivity contribution is 0.0571. The van der Waals surface area contributed by atoms with Crippen molar-refractivity contribution in [3.63, 3.8) is 0 Å². The molecule has 1 heterocycles. The molecule has 1 aliphatic heterocycles. The fraction of sp³-hybridized carbons (Fsp3) is 0.462. The lowest BCUT2D eigenvalue weighted by atomic mass is 10.1. The second-order valence-corrected chi connectivity index (χ2v) is 6.07. The van der Waals surface area contributed by atoms with E-state index in [2.05, 4.69) is 22.6 Å². The van der Waals surface area contributed by atoms with Gasteiger partial charge >= 0.3 is 0 Å². The lowest BCUT2D eigenvalue weighted by Gasteiger charge is -2.20. The molecule has 0 aromatic heterocycles. The summed E-state index contributed by atoms with van der Waals surface area (Å²) in [6, 6.07) is 5.84. The zero-order chi connectivity index (χ0) is 12.6. The highest BCUT2D eigenvalue weighted by Crippen LogP contribution is 2.25. The molecule has 1 aliphatic rings. The van der Waals surface area contributed by atoms with Gasteiger partial charge < -0.3 is 10.0 Å². The molecule has 1 N–H and O–H groups in total. The lowest BCUT2D eigenvalue weighted by Crippen LogP contribution is -2.34. The fourth-order valence-electron chi connectivity index (χ4n) is 2.18. The number of nitrogens with zero attached hydrogens (tertiary/aromatic N) is 1. The minimum Gasteiger partial charge on any atom is -0.388 e. The third-order valence-electron chi connectivity index (χ3n) is 3.17. The predicted octanol–water partition coefficient (Wildman–Crippen LogP) is 2.20. The molecule has 0 aliphatic carbocycles. The average Bonchev–Trinajstić information content (AvgIpc) is 2.58. The van der Waals surface area contributed by atoms with Crippen molar-refractivity contribution >= 4 is 28.5 Å². The third kappa shape index (κ3) is 2.63. The number of carbonyl (C=O) groups excluding carboxylic acids is 1. The molecule has 2 rings (SSSR count). The molecular formula is C13H16INO2. The van der Waals surface area contributed by atoms with E-state index in [1.54, 1.807) is 11.8 Å². The summed E-state index contributed by atoms with van der Waals surface area (Å²) in [5.41, 5.74) is 1.03. The molecule has 92 valence electrons. The Balaban J connectivity index is 2.27.